The van der Waals surface area contributed by atoms with Crippen LogP contribution >= 0.6 is 0 Å². The van der Waals surface area contributed by atoms with Gasteiger partial charge in [0, 0.05) is 57.4 Å². The molecule has 3 aliphatic heterocycles. The summed E-state index contributed by atoms with van der Waals surface area (Å²) in [6, 6.07) is 8.82. The van der Waals surface area contributed by atoms with Crippen molar-refractivity contribution in [2.24, 2.45) is 23.7 Å². The molecule has 0 radical (unpaired) electrons. The fourth-order valence-corrected chi connectivity index (χ4v) is 10.3. The van der Waals surface area contributed by atoms with Crippen molar-refractivity contribution in [1.82, 2.24) is 10.2 Å². The Morgan fingerprint density at radius 1 is 0.909 bits per heavy atom. The molecule has 1 amide bonds. The first-order valence-corrected chi connectivity index (χ1v) is 23.8. The summed E-state index contributed by atoms with van der Waals surface area (Å²) in [7, 11) is 4.85. The highest BCUT2D eigenvalue weighted by atomic mass is 16.7. The van der Waals surface area contributed by atoms with E-state index in [4.69, 9.17) is 33.2 Å². The summed E-state index contributed by atoms with van der Waals surface area (Å²) in [5.74, 6) is -5.26. The van der Waals surface area contributed by atoms with Gasteiger partial charge in [0.05, 0.1) is 47.6 Å². The monoisotopic (exact) mass is 939 g/mol. The summed E-state index contributed by atoms with van der Waals surface area (Å²) in [4.78, 5) is 43.3. The lowest BCUT2D eigenvalue weighted by Gasteiger charge is -2.50. The molecule has 3 saturated heterocycles. The van der Waals surface area contributed by atoms with Crippen molar-refractivity contribution in [2.45, 2.75) is 198 Å². The maximum Gasteiger partial charge on any atom is 0.311 e. The maximum absolute atomic E-state index is 14.4. The molecule has 0 bridgehead atoms. The van der Waals surface area contributed by atoms with Gasteiger partial charge in [0.25, 0.3) is 0 Å². The fraction of sp³-hybridized carbons (Fsp3) is 0.816. The number of hydrogen-bond acceptors (Lipinski definition) is 16. The van der Waals surface area contributed by atoms with E-state index < -0.39 is 120 Å². The molecule has 3 fully saturated rings. The minimum Gasteiger partial charge on any atom is -0.459 e. The average Bonchev–Trinajstić information content (AvgIpc) is 3.28. The van der Waals surface area contributed by atoms with E-state index in [1.807, 2.05) is 56.1 Å². The molecule has 0 aromatic heterocycles. The number of nitrogens with one attached hydrogen (secondary N) is 1. The van der Waals surface area contributed by atoms with Gasteiger partial charge in [-0.1, -0.05) is 58.0 Å². The Labute approximate surface area is 392 Å². The van der Waals surface area contributed by atoms with Crippen LogP contribution in [0.4, 0.5) is 0 Å². The van der Waals surface area contributed by atoms with Crippen LogP contribution in [0, 0.1) is 23.7 Å². The molecule has 2 unspecified atom stereocenters. The van der Waals surface area contributed by atoms with Gasteiger partial charge in [-0.15, -0.1) is 0 Å². The maximum atomic E-state index is 14.4. The van der Waals surface area contributed by atoms with E-state index in [-0.39, 0.29) is 37.6 Å². The number of aliphatic hydroxyl groups is 5. The number of carbonyl (C=O) groups excluding carboxylic acids is 3. The lowest BCUT2D eigenvalue weighted by Crippen LogP contribution is -2.61. The van der Waals surface area contributed by atoms with Gasteiger partial charge in [0.2, 0.25) is 5.91 Å². The Morgan fingerprint density at radius 3 is 2.15 bits per heavy atom. The standard InChI is InChI=1S/C49H82N2O15/c1-14-36-49(10,59)41(55)29(4)38(53)27(2)25-48(9,61-13)43(30(5)40(31(6)45(58)64-36)65-37-26-47(8,60-12)42(56)32(7)63-37)66-46-39(54)34(23-28(3)62-46)51(11)22-18-21-50-44(57)35(52)24-33-19-16-15-17-20-33/h15-17,19-20,27-32,34-37,39-43,46,52,54-56,59H,14,18,21-26H2,1-13H3,(H,50,57)/t27-,28-,29+,30+,31-,32+,34+,35+,36-,37?,39-,40+,41-,42+,43-,46?,47-,48-,49-/m1/s1. The van der Waals surface area contributed by atoms with Gasteiger partial charge in [-0.2, -0.15) is 0 Å². The van der Waals surface area contributed by atoms with Crippen LogP contribution in [-0.2, 0) is 54.0 Å². The van der Waals surface area contributed by atoms with Crippen LogP contribution in [-0.4, -0.2) is 173 Å². The van der Waals surface area contributed by atoms with Gasteiger partial charge in [0.15, 0.2) is 12.6 Å². The SMILES string of the molecule is CC[C@H]1OC(=O)[C@H](C)[C@@H](OC2C[C@@](C)(OC)[C@@H](O)[C@H](C)O2)[C@H](C)[C@@H](OC2O[C@H](C)C[C@H](N(C)CCCNC(=O)[C@@H](O)Cc3ccccc3)[C@H]2O)[C@](C)(OC)C[C@@H](C)C(=O)[C@H](C)[C@@H](O)[C@]1(C)O. The zero-order valence-corrected chi connectivity index (χ0v) is 41.5. The van der Waals surface area contributed by atoms with E-state index in [2.05, 4.69) is 5.32 Å². The highest BCUT2D eigenvalue weighted by Crippen LogP contribution is 2.42. The van der Waals surface area contributed by atoms with Crippen LogP contribution in [0.5, 0.6) is 0 Å². The number of Topliss-reactive ketones (excluding diaryl/α,β-unsaturated/α-hetero) is 1. The number of rotatable bonds is 15. The zero-order chi connectivity index (χ0) is 49.5. The molecular formula is C49H82N2O15. The van der Waals surface area contributed by atoms with Crippen molar-refractivity contribution in [2.75, 3.05) is 34.4 Å². The molecule has 3 heterocycles. The van der Waals surface area contributed by atoms with E-state index in [0.29, 0.717) is 25.9 Å². The highest BCUT2D eigenvalue weighted by molar-refractivity contribution is 5.83. The molecule has 19 atom stereocenters. The number of hydrogen-bond donors (Lipinski definition) is 6. The number of ketones is 1. The average molecular weight is 939 g/mol. The second kappa shape index (κ2) is 23.8. The molecular weight excluding hydrogens is 857 g/mol. The van der Waals surface area contributed by atoms with Crippen molar-refractivity contribution in [1.29, 1.82) is 0 Å². The predicted molar refractivity (Wildman–Crippen MR) is 244 cm³/mol. The zero-order valence-electron chi connectivity index (χ0n) is 41.5. The van der Waals surface area contributed by atoms with Gasteiger partial charge in [-0.05, 0) is 86.4 Å². The number of ether oxygens (including phenoxy) is 7. The molecule has 3 aliphatic rings. The summed E-state index contributed by atoms with van der Waals surface area (Å²) in [6.07, 6.45) is -10.2. The first kappa shape index (κ1) is 55.9. The number of methoxy groups -OCH3 is 2. The molecule has 0 saturated carbocycles. The van der Waals surface area contributed by atoms with Crippen LogP contribution < -0.4 is 5.32 Å². The van der Waals surface area contributed by atoms with Gasteiger partial charge in [-0.3, -0.25) is 14.4 Å². The normalized spacial score (nSPS) is 41.5. The molecule has 6 N–H and O–H groups in total. The van der Waals surface area contributed by atoms with Crippen molar-refractivity contribution in [3.8, 4) is 0 Å². The quantitative estimate of drug-likeness (QED) is 0.110. The van der Waals surface area contributed by atoms with E-state index in [1.54, 1.807) is 41.5 Å². The predicted octanol–water partition coefficient (Wildman–Crippen LogP) is 2.92. The van der Waals surface area contributed by atoms with Crippen LogP contribution in [0.3, 0.4) is 0 Å². The third-order valence-electron chi connectivity index (χ3n) is 14.7. The summed E-state index contributed by atoms with van der Waals surface area (Å²) in [5.41, 5.74) is -3.57. The van der Waals surface area contributed by atoms with Crippen LogP contribution in [0.15, 0.2) is 30.3 Å². The molecule has 0 aliphatic carbocycles. The number of carbonyl (C=O) groups is 3. The minimum absolute atomic E-state index is 0.0532. The first-order chi connectivity index (χ1) is 30.8. The first-order valence-electron chi connectivity index (χ1n) is 23.8. The Bertz CT molecular complexity index is 1710. The molecule has 17 heteroatoms. The van der Waals surface area contributed by atoms with Crippen LogP contribution in [0.2, 0.25) is 0 Å². The van der Waals surface area contributed by atoms with Gasteiger partial charge in [0.1, 0.15) is 35.8 Å². The van der Waals surface area contributed by atoms with Gasteiger partial charge in [-0.25, -0.2) is 0 Å². The second-order valence-corrected chi connectivity index (χ2v) is 20.0. The number of cyclic esters (lactones) is 1. The number of likely N-dealkylation sites (N-methyl/N-ethyl adjacent to an activating group) is 1. The van der Waals surface area contributed by atoms with Crippen molar-refractivity contribution < 1.29 is 73.1 Å². The summed E-state index contributed by atoms with van der Waals surface area (Å²) in [6.45, 7) is 17.6. The van der Waals surface area contributed by atoms with E-state index in [1.165, 1.54) is 28.1 Å². The molecule has 1 aromatic rings. The smallest absolute Gasteiger partial charge is 0.311 e. The van der Waals surface area contributed by atoms with Crippen LogP contribution in [0.1, 0.15) is 107 Å². The molecule has 0 spiro atoms. The molecule has 66 heavy (non-hydrogen) atoms. The fourth-order valence-electron chi connectivity index (χ4n) is 10.3. The van der Waals surface area contributed by atoms with E-state index in [9.17, 15) is 39.9 Å². The topological polar surface area (TPSA) is 232 Å². The molecule has 4 rings (SSSR count). The third-order valence-corrected chi connectivity index (χ3v) is 14.7. The van der Waals surface area contributed by atoms with Gasteiger partial charge < -0.3 is 68.9 Å². The van der Waals surface area contributed by atoms with Crippen molar-refractivity contribution in [3.05, 3.63) is 35.9 Å². The lowest BCUT2D eigenvalue weighted by molar-refractivity contribution is -0.319. The Hall–Kier alpha value is -2.65. The largest absolute Gasteiger partial charge is 0.459 e. The summed E-state index contributed by atoms with van der Waals surface area (Å²) >= 11 is 0. The number of nitrogens with zero attached hydrogens (tertiary/aromatic N) is 1. The molecule has 17 nitrogen and oxygen atoms in total. The summed E-state index contributed by atoms with van der Waals surface area (Å²) < 4.78 is 44.5. The molecule has 1 aromatic carbocycles. The Balaban J connectivity index is 1.68. The van der Waals surface area contributed by atoms with Gasteiger partial charge >= 0.3 is 5.97 Å². The Kier molecular flexibility index (Phi) is 20.2. The number of amides is 1. The summed E-state index contributed by atoms with van der Waals surface area (Å²) in [5, 5.41) is 59.8. The van der Waals surface area contributed by atoms with Crippen LogP contribution in [0.25, 0.3) is 0 Å². The number of aliphatic hydroxyl groups excluding tert-OH is 4. The minimum atomic E-state index is -2.01. The number of benzene rings is 1. The van der Waals surface area contributed by atoms with Crippen molar-refractivity contribution >= 4 is 17.7 Å². The number of esters is 1. The van der Waals surface area contributed by atoms with E-state index >= 15 is 0 Å². The lowest BCUT2D eigenvalue weighted by atomic mass is 9.74. The second-order valence-electron chi connectivity index (χ2n) is 20.0. The third kappa shape index (κ3) is 13.2. The Morgan fingerprint density at radius 2 is 1.55 bits per heavy atom. The molecule has 378 valence electrons. The van der Waals surface area contributed by atoms with E-state index in [0.717, 1.165) is 5.56 Å². The van der Waals surface area contributed by atoms with Crippen molar-refractivity contribution in [3.63, 3.8) is 0 Å². The highest BCUT2D eigenvalue weighted by Gasteiger charge is 2.54.